The van der Waals surface area contributed by atoms with E-state index in [1.54, 1.807) is 36.5 Å². The quantitative estimate of drug-likeness (QED) is 0.597. The lowest BCUT2D eigenvalue weighted by Gasteiger charge is -2.15. The zero-order valence-corrected chi connectivity index (χ0v) is 14.1. The molecule has 0 fully saturated rings. The highest BCUT2D eigenvalue weighted by Crippen LogP contribution is 2.25. The third kappa shape index (κ3) is 5.17. The Morgan fingerprint density at radius 2 is 1.58 bits per heavy atom. The summed E-state index contributed by atoms with van der Waals surface area (Å²) in [4.78, 5) is 4.09. The van der Waals surface area contributed by atoms with Crippen LogP contribution in [0.5, 0.6) is 23.1 Å². The molecule has 0 amide bonds. The first kappa shape index (κ1) is 17.7. The number of aromatic nitrogens is 1. The molecule has 3 aromatic rings. The molecule has 0 aliphatic heterocycles. The molecule has 6 heteroatoms. The minimum Gasteiger partial charge on any atom is -0.490 e. The fourth-order valence-corrected chi connectivity index (χ4v) is 2.20. The van der Waals surface area contributed by atoms with Crippen LogP contribution in [0, 0.1) is 11.6 Å². The van der Waals surface area contributed by atoms with E-state index in [9.17, 15) is 8.78 Å². The molecule has 0 bridgehead atoms. The van der Waals surface area contributed by atoms with Crippen molar-refractivity contribution in [1.82, 2.24) is 4.98 Å². The van der Waals surface area contributed by atoms with Crippen LogP contribution < -0.4 is 14.2 Å². The first-order valence-electron chi connectivity index (χ1n) is 8.03. The van der Waals surface area contributed by atoms with Crippen LogP contribution >= 0.6 is 0 Å². The highest BCUT2D eigenvalue weighted by Gasteiger charge is 2.07. The Balaban J connectivity index is 1.52. The highest BCUT2D eigenvalue weighted by molar-refractivity contribution is 5.35. The van der Waals surface area contributed by atoms with Gasteiger partial charge in [0.1, 0.15) is 41.6 Å². The van der Waals surface area contributed by atoms with Crippen LogP contribution in [0.3, 0.4) is 0 Å². The zero-order valence-electron chi connectivity index (χ0n) is 14.1. The van der Waals surface area contributed by atoms with Crippen molar-refractivity contribution in [2.24, 2.45) is 0 Å². The Hall–Kier alpha value is -3.15. The lowest BCUT2D eigenvalue weighted by molar-refractivity contribution is 0.138. The molecular weight excluding hydrogens is 340 g/mol. The highest BCUT2D eigenvalue weighted by atomic mass is 19.1. The molecule has 1 unspecified atom stereocenters. The summed E-state index contributed by atoms with van der Waals surface area (Å²) in [6.45, 7) is 2.22. The van der Waals surface area contributed by atoms with E-state index in [0.29, 0.717) is 24.0 Å². The van der Waals surface area contributed by atoms with Crippen LogP contribution in [-0.4, -0.2) is 17.7 Å². The second-order valence-electron chi connectivity index (χ2n) is 5.59. The van der Waals surface area contributed by atoms with Crippen molar-refractivity contribution in [2.45, 2.75) is 13.0 Å². The molecule has 1 heterocycles. The molecule has 1 aromatic heterocycles. The molecule has 1 atom stereocenters. The topological polar surface area (TPSA) is 40.6 Å². The summed E-state index contributed by atoms with van der Waals surface area (Å²) in [7, 11) is 0. The van der Waals surface area contributed by atoms with Crippen molar-refractivity contribution < 1.29 is 23.0 Å². The van der Waals surface area contributed by atoms with E-state index in [0.717, 1.165) is 18.2 Å². The summed E-state index contributed by atoms with van der Waals surface area (Å²) < 4.78 is 43.1. The summed E-state index contributed by atoms with van der Waals surface area (Å²) in [6, 6.07) is 15.2. The fourth-order valence-electron chi connectivity index (χ4n) is 2.20. The maximum Gasteiger partial charge on any atom is 0.213 e. The van der Waals surface area contributed by atoms with Crippen LogP contribution in [0.15, 0.2) is 66.9 Å². The van der Waals surface area contributed by atoms with Gasteiger partial charge in [-0.3, -0.25) is 0 Å². The van der Waals surface area contributed by atoms with Crippen LogP contribution in [0.4, 0.5) is 8.78 Å². The molecule has 0 saturated heterocycles. The van der Waals surface area contributed by atoms with E-state index in [4.69, 9.17) is 14.2 Å². The minimum atomic E-state index is -0.693. The van der Waals surface area contributed by atoms with E-state index in [1.807, 2.05) is 19.1 Å². The van der Waals surface area contributed by atoms with Gasteiger partial charge in [-0.15, -0.1) is 0 Å². The Labute approximate surface area is 150 Å². The van der Waals surface area contributed by atoms with Crippen LogP contribution in [-0.2, 0) is 0 Å². The van der Waals surface area contributed by atoms with Gasteiger partial charge >= 0.3 is 0 Å². The number of hydrogen-bond acceptors (Lipinski definition) is 4. The van der Waals surface area contributed by atoms with Crippen molar-refractivity contribution in [2.75, 3.05) is 6.61 Å². The van der Waals surface area contributed by atoms with Crippen LogP contribution in [0.1, 0.15) is 6.92 Å². The first-order valence-corrected chi connectivity index (χ1v) is 8.03. The number of nitrogens with zero attached hydrogens (tertiary/aromatic N) is 1. The van der Waals surface area contributed by atoms with Gasteiger partial charge in [-0.1, -0.05) is 6.07 Å². The zero-order chi connectivity index (χ0) is 18.4. The third-order valence-electron chi connectivity index (χ3n) is 3.34. The van der Waals surface area contributed by atoms with Gasteiger partial charge in [-0.2, -0.15) is 0 Å². The van der Waals surface area contributed by atoms with Gasteiger partial charge in [0.25, 0.3) is 0 Å². The van der Waals surface area contributed by atoms with Crippen molar-refractivity contribution in [3.63, 3.8) is 0 Å². The summed E-state index contributed by atoms with van der Waals surface area (Å²) in [5.41, 5.74) is 0. The van der Waals surface area contributed by atoms with Crippen molar-refractivity contribution in [3.05, 3.63) is 78.5 Å². The second kappa shape index (κ2) is 8.29. The molecule has 26 heavy (non-hydrogen) atoms. The Morgan fingerprint density at radius 3 is 2.23 bits per heavy atom. The van der Waals surface area contributed by atoms with E-state index in [1.165, 1.54) is 0 Å². The average Bonchev–Trinajstić information content (AvgIpc) is 2.61. The Morgan fingerprint density at radius 1 is 0.885 bits per heavy atom. The summed E-state index contributed by atoms with van der Waals surface area (Å²) in [6.07, 6.45) is 1.47. The smallest absolute Gasteiger partial charge is 0.213 e. The number of rotatable bonds is 7. The van der Waals surface area contributed by atoms with E-state index in [-0.39, 0.29) is 11.9 Å². The average molecular weight is 357 g/mol. The largest absolute Gasteiger partial charge is 0.490 e. The molecule has 4 nitrogen and oxygen atoms in total. The Bertz CT molecular complexity index is 821. The second-order valence-corrected chi connectivity index (χ2v) is 5.59. The van der Waals surface area contributed by atoms with Gasteiger partial charge in [0.2, 0.25) is 5.88 Å². The third-order valence-corrected chi connectivity index (χ3v) is 3.34. The maximum atomic E-state index is 13.2. The van der Waals surface area contributed by atoms with Gasteiger partial charge in [-0.25, -0.2) is 13.8 Å². The predicted molar refractivity (Wildman–Crippen MR) is 92.7 cm³/mol. The first-order chi connectivity index (χ1) is 12.6. The fraction of sp³-hybridized carbons (Fsp3) is 0.150. The van der Waals surface area contributed by atoms with Crippen molar-refractivity contribution in [1.29, 1.82) is 0 Å². The van der Waals surface area contributed by atoms with Crippen molar-refractivity contribution in [3.8, 4) is 23.1 Å². The van der Waals surface area contributed by atoms with Crippen molar-refractivity contribution >= 4 is 0 Å². The molecule has 0 spiro atoms. The number of pyridine rings is 1. The molecule has 0 saturated carbocycles. The molecule has 134 valence electrons. The lowest BCUT2D eigenvalue weighted by Crippen LogP contribution is -2.21. The molecule has 3 rings (SSSR count). The normalized spacial score (nSPS) is 11.7. The number of ether oxygens (including phenoxy) is 3. The molecule has 2 aromatic carbocycles. The van der Waals surface area contributed by atoms with Gasteiger partial charge < -0.3 is 14.2 Å². The molecule has 0 aliphatic carbocycles. The van der Waals surface area contributed by atoms with Gasteiger partial charge in [0, 0.05) is 30.5 Å². The van der Waals surface area contributed by atoms with E-state index < -0.39 is 11.6 Å². The lowest BCUT2D eigenvalue weighted by atomic mass is 10.3. The summed E-state index contributed by atoms with van der Waals surface area (Å²) >= 11 is 0. The van der Waals surface area contributed by atoms with Gasteiger partial charge in [0.05, 0.1) is 0 Å². The summed E-state index contributed by atoms with van der Waals surface area (Å²) in [5.74, 6) is 0.311. The maximum absolute atomic E-state index is 13.2. The number of benzene rings is 2. The number of hydrogen-bond donors (Lipinski definition) is 0. The molecular formula is C20H17F2NO3. The van der Waals surface area contributed by atoms with Gasteiger partial charge in [-0.05, 0) is 37.3 Å². The standard InChI is InChI=1S/C20H17F2NO3/c1-14(25-20-4-2-3-9-23-20)13-24-17-5-7-18(8-6-17)26-19-11-15(21)10-16(22)12-19/h2-12,14H,13H2,1H3. The SMILES string of the molecule is CC(COc1ccc(Oc2cc(F)cc(F)c2)cc1)Oc1ccccn1. The molecule has 0 radical (unpaired) electrons. The van der Waals surface area contributed by atoms with E-state index in [2.05, 4.69) is 4.98 Å². The van der Waals surface area contributed by atoms with E-state index >= 15 is 0 Å². The predicted octanol–water partition coefficient (Wildman–Crippen LogP) is 5.00. The monoisotopic (exact) mass is 357 g/mol. The van der Waals surface area contributed by atoms with Crippen LogP contribution in [0.25, 0.3) is 0 Å². The van der Waals surface area contributed by atoms with Gasteiger partial charge in [0.15, 0.2) is 0 Å². The Kier molecular flexibility index (Phi) is 5.63. The molecule has 0 aliphatic rings. The summed E-state index contributed by atoms with van der Waals surface area (Å²) in [5, 5.41) is 0. The van der Waals surface area contributed by atoms with Crippen LogP contribution in [0.2, 0.25) is 0 Å². The number of halogens is 2. The molecule has 0 N–H and O–H groups in total. The minimum absolute atomic E-state index is 0.0913.